The molecule has 1 nitrogen and oxygen atoms in total. The van der Waals surface area contributed by atoms with E-state index in [0.717, 1.165) is 0 Å². The fourth-order valence-electron chi connectivity index (χ4n) is 0.482. The van der Waals surface area contributed by atoms with E-state index >= 15 is 0 Å². The zero-order chi connectivity index (χ0) is 12.0. The van der Waals surface area contributed by atoms with Gasteiger partial charge in [-0.3, -0.25) is 0 Å². The van der Waals surface area contributed by atoms with E-state index in [9.17, 15) is 39.5 Å². The summed E-state index contributed by atoms with van der Waals surface area (Å²) >= 11 is 0. The number of alkyl halides is 9. The Balaban J connectivity index is 0. The van der Waals surface area contributed by atoms with Crippen LogP contribution in [0, 0.1) is 0 Å². The molecule has 0 spiro atoms. The van der Waals surface area contributed by atoms with E-state index in [2.05, 4.69) is 0 Å². The molecule has 0 aliphatic heterocycles. The number of halogens is 9. The Morgan fingerprint density at radius 3 is 0.667 bits per heavy atom. The van der Waals surface area contributed by atoms with Gasteiger partial charge in [-0.25, -0.2) is 0 Å². The van der Waals surface area contributed by atoms with Crippen LogP contribution in [0.15, 0.2) is 0 Å². The summed E-state index contributed by atoms with van der Waals surface area (Å²) in [5, 5.41) is 7.65. The van der Waals surface area contributed by atoms with Gasteiger partial charge in [-0.1, -0.05) is 0 Å². The summed E-state index contributed by atoms with van der Waals surface area (Å²) in [7, 11) is 0. The maximum Gasteiger partial charge on any atom is 0.435 e. The predicted molar refractivity (Wildman–Crippen MR) is 23.1 cm³/mol. The summed E-state index contributed by atoms with van der Waals surface area (Å²) in [6.07, 6.45) is -20.6. The number of hydrogen-bond acceptors (Lipinski definition) is 1. The number of rotatable bonds is 0. The minimum atomic E-state index is -6.87. The normalized spacial score (nSPS) is 14.8. The van der Waals surface area contributed by atoms with Crippen LogP contribution in [0.3, 0.4) is 0 Å². The molecule has 0 aromatic carbocycles. The molecule has 0 saturated heterocycles. The van der Waals surface area contributed by atoms with Crippen LogP contribution < -0.4 is 0 Å². The predicted octanol–water partition coefficient (Wildman–Crippen LogP) is 2.40. The molecule has 0 fully saturated rings. The minimum absolute atomic E-state index is 0. The van der Waals surface area contributed by atoms with Gasteiger partial charge in [0.25, 0.3) is 0 Å². The van der Waals surface area contributed by atoms with E-state index in [4.69, 9.17) is 5.11 Å². The van der Waals surface area contributed by atoms with E-state index in [0.29, 0.717) is 0 Å². The quantitative estimate of drug-likeness (QED) is 0.538. The molecule has 1 N–H and O–H groups in total. The number of aliphatic hydroxyl groups is 1. The van der Waals surface area contributed by atoms with Gasteiger partial charge in [-0.15, -0.1) is 0 Å². The van der Waals surface area contributed by atoms with Gasteiger partial charge >= 0.3 is 24.1 Å². The fraction of sp³-hybridized carbons (Fsp3) is 1.00. The zero-order valence-corrected chi connectivity index (χ0v) is 9.52. The van der Waals surface area contributed by atoms with Crippen LogP contribution in [0.5, 0.6) is 0 Å². The minimum Gasteiger partial charge on any atom is -0.367 e. The van der Waals surface area contributed by atoms with Crippen LogP contribution >= 0.6 is 0 Å². The van der Waals surface area contributed by atoms with Gasteiger partial charge in [0.15, 0.2) is 0 Å². The topological polar surface area (TPSA) is 20.2 Å². The Labute approximate surface area is 89.0 Å². The van der Waals surface area contributed by atoms with Crippen molar-refractivity contribution in [3.8, 4) is 0 Å². The third-order valence-electron chi connectivity index (χ3n) is 1.23. The van der Waals surface area contributed by atoms with Crippen LogP contribution in [0.1, 0.15) is 0 Å². The van der Waals surface area contributed by atoms with E-state index in [1.165, 1.54) is 0 Å². The Morgan fingerprint density at radius 1 is 0.533 bits per heavy atom. The smallest absolute Gasteiger partial charge is 0.367 e. The summed E-state index contributed by atoms with van der Waals surface area (Å²) in [5.74, 6) is 0. The van der Waals surface area contributed by atoms with Crippen molar-refractivity contribution in [2.24, 2.45) is 0 Å². The maximum absolute atomic E-state index is 11.4. The first-order valence-corrected chi connectivity index (χ1v) is 2.67. The molecule has 0 heterocycles. The van der Waals surface area contributed by atoms with Crippen molar-refractivity contribution >= 4 is 0 Å². The molecule has 0 rings (SSSR count). The molecule has 0 amide bonds. The average molecular weight is 301 g/mol. The molecular weight excluding hydrogens is 300 g/mol. The van der Waals surface area contributed by atoms with Crippen LogP contribution in [0.4, 0.5) is 39.5 Å². The van der Waals surface area contributed by atoms with Gasteiger partial charge < -0.3 is 5.11 Å². The van der Waals surface area contributed by atoms with Gasteiger partial charge in [0.2, 0.25) is 0 Å². The Hall–Kier alpha value is -0.0466. The van der Waals surface area contributed by atoms with Gasteiger partial charge in [-0.2, -0.15) is 39.5 Å². The summed E-state index contributed by atoms with van der Waals surface area (Å²) in [4.78, 5) is 0. The first-order valence-electron chi connectivity index (χ1n) is 2.67. The molecule has 0 bridgehead atoms. The van der Waals surface area contributed by atoms with Crippen molar-refractivity contribution in [2.45, 2.75) is 24.1 Å². The molecule has 0 radical (unpaired) electrons. The Morgan fingerprint density at radius 2 is 0.667 bits per heavy atom. The monoisotopic (exact) mass is 300 g/mol. The molecule has 15 heavy (non-hydrogen) atoms. The van der Waals surface area contributed by atoms with E-state index in [1.807, 2.05) is 0 Å². The second-order valence-electron chi connectivity index (χ2n) is 2.20. The fourth-order valence-corrected chi connectivity index (χ4v) is 0.482. The molecule has 0 aromatic rings. The first-order chi connectivity index (χ1) is 5.75. The van der Waals surface area contributed by atoms with Crippen LogP contribution in [-0.4, -0.2) is 29.2 Å². The van der Waals surface area contributed by atoms with Crippen molar-refractivity contribution in [3.05, 3.63) is 0 Å². The second-order valence-corrected chi connectivity index (χ2v) is 2.20. The third-order valence-corrected chi connectivity index (χ3v) is 1.23. The standard InChI is InChI=1S/C4HF9O.Zn/c5-2(6,7)1(14,3(8,9)10)4(11,12)13;/h14H;. The molecule has 0 aromatic heterocycles. The van der Waals surface area contributed by atoms with E-state index in [1.54, 1.807) is 0 Å². The average Bonchev–Trinajstić information content (AvgIpc) is 1.77. The van der Waals surface area contributed by atoms with Crippen molar-refractivity contribution in [3.63, 3.8) is 0 Å². The van der Waals surface area contributed by atoms with Crippen LogP contribution in [0.2, 0.25) is 0 Å². The molecule has 0 aliphatic carbocycles. The van der Waals surface area contributed by atoms with Crippen molar-refractivity contribution in [1.82, 2.24) is 0 Å². The van der Waals surface area contributed by atoms with Crippen LogP contribution in [0.25, 0.3) is 0 Å². The Kier molecular flexibility index (Phi) is 4.72. The number of hydrogen-bond donors (Lipinski definition) is 1. The van der Waals surface area contributed by atoms with Crippen molar-refractivity contribution in [1.29, 1.82) is 0 Å². The summed E-state index contributed by atoms with van der Waals surface area (Å²) < 4.78 is 103. The summed E-state index contributed by atoms with van der Waals surface area (Å²) in [6.45, 7) is 0. The van der Waals surface area contributed by atoms with Crippen LogP contribution in [-0.2, 0) is 19.5 Å². The summed E-state index contributed by atoms with van der Waals surface area (Å²) in [5.41, 5.74) is -6.69. The van der Waals surface area contributed by atoms with E-state index < -0.39 is 24.1 Å². The first kappa shape index (κ1) is 17.4. The van der Waals surface area contributed by atoms with Crippen molar-refractivity contribution in [2.75, 3.05) is 0 Å². The van der Waals surface area contributed by atoms with Gasteiger partial charge in [-0.05, 0) is 0 Å². The SMILES string of the molecule is OC(C(F)(F)F)(C(F)(F)F)C(F)(F)F.[Zn]. The van der Waals surface area contributed by atoms with Gasteiger partial charge in [0.1, 0.15) is 0 Å². The second kappa shape index (κ2) is 4.08. The molecular formula is C4HF9OZn. The third kappa shape index (κ3) is 2.74. The zero-order valence-electron chi connectivity index (χ0n) is 6.56. The van der Waals surface area contributed by atoms with E-state index in [-0.39, 0.29) is 19.5 Å². The molecule has 88 valence electrons. The molecule has 0 unspecified atom stereocenters. The Bertz CT molecular complexity index is 176. The molecule has 0 saturated carbocycles. The maximum atomic E-state index is 11.4. The van der Waals surface area contributed by atoms with Gasteiger partial charge in [0.05, 0.1) is 0 Å². The molecule has 0 atom stereocenters. The van der Waals surface area contributed by atoms with Gasteiger partial charge in [0, 0.05) is 19.5 Å². The largest absolute Gasteiger partial charge is 0.435 e. The van der Waals surface area contributed by atoms with Crippen molar-refractivity contribution < 1.29 is 64.1 Å². The molecule has 0 aliphatic rings. The summed E-state index contributed by atoms with van der Waals surface area (Å²) in [6, 6.07) is 0. The molecule has 11 heteroatoms.